The number of allylic oxidation sites excluding steroid dienone is 12. The number of rotatable bonds is 8. The molecule has 10 unspecified atom stereocenters. The van der Waals surface area contributed by atoms with Crippen LogP contribution < -0.4 is 16.4 Å². The summed E-state index contributed by atoms with van der Waals surface area (Å²) in [6.45, 7) is 6.44. The van der Waals surface area contributed by atoms with E-state index in [1.54, 1.807) is 63.3 Å². The number of fused-ring (bicyclic) bond motifs is 2. The molecule has 68 heavy (non-hydrogen) atoms. The SMILES string of the molecule is CNC(=O)NC1[C@@H]2CC(OC[C@@H](O)[C@@H](N)C(O)[C@@H](C)OC)/C=C/C=C/C=C/C=C/C=C/C=C/C=C/[C@H](C)C(O)[C@@H](C)[C@H](C)OC(=O)CC(O)CC(O)CCC(O)C(O)CC(O)CC(O)(C[C@@H]1O)O2. The quantitative estimate of drug-likeness (QED) is 0.148. The zero-order valence-corrected chi connectivity index (χ0v) is 40.3. The standard InChI is InChI=1S/C49H81N3O16/c1-30-19-17-15-13-11-9-7-8-10-12-14-16-18-20-37(66-29-41(59)44(50)47(62)33(4)65-6)26-42-45(52-48(63)51-5)40(58)28-49(64,68-42)27-36(55)24-39(57)38(56)22-21-34(53)23-35(54)25-43(60)67-32(3)31(2)46(30)61/h7-20,30-42,44-47,53-59,61-62,64H,21-29,50H2,1-6H3,(H2,51,52,63)/b8-7+,11-9+,12-10+,15-13+,16-14+,19-17+,20-18+/t30-,31-,32-,33+,34?,35?,36?,37?,38?,39?,40-,41+,42-,44+,45?,46?,47?,49?/m0/s1. The Balaban J connectivity index is 2.41. The maximum atomic E-state index is 12.6. The number of esters is 1. The summed E-state index contributed by atoms with van der Waals surface area (Å²) in [6.07, 6.45) is 6.95. The summed E-state index contributed by atoms with van der Waals surface area (Å²) in [5.74, 6) is -3.67. The van der Waals surface area contributed by atoms with Crippen LogP contribution in [-0.2, 0) is 23.7 Å². The fraction of sp³-hybridized carbons (Fsp3) is 0.673. The predicted octanol–water partition coefficient (Wildman–Crippen LogP) is 0.599. The van der Waals surface area contributed by atoms with Gasteiger partial charge in [-0.15, -0.1) is 0 Å². The van der Waals surface area contributed by atoms with E-state index in [0.29, 0.717) is 0 Å². The average Bonchev–Trinajstić information content (AvgIpc) is 3.28. The molecule has 0 aliphatic carbocycles. The molecule has 2 amide bonds. The van der Waals surface area contributed by atoms with Gasteiger partial charge < -0.3 is 86.4 Å². The number of cyclic esters (lactones) is 1. The Kier molecular flexibility index (Phi) is 28.1. The van der Waals surface area contributed by atoms with Gasteiger partial charge in [-0.05, 0) is 33.1 Å². The molecule has 2 rings (SSSR count). The zero-order chi connectivity index (χ0) is 51.0. The average molecular weight is 968 g/mol. The van der Waals surface area contributed by atoms with Crippen LogP contribution in [0.4, 0.5) is 4.79 Å². The predicted molar refractivity (Wildman–Crippen MR) is 254 cm³/mol. The molecule has 19 nitrogen and oxygen atoms in total. The summed E-state index contributed by atoms with van der Waals surface area (Å²) in [6, 6.07) is -2.95. The number of urea groups is 1. The molecule has 0 saturated carbocycles. The largest absolute Gasteiger partial charge is 0.462 e. The van der Waals surface area contributed by atoms with Gasteiger partial charge in [-0.1, -0.05) is 98.9 Å². The van der Waals surface area contributed by atoms with Crippen LogP contribution >= 0.6 is 0 Å². The zero-order valence-electron chi connectivity index (χ0n) is 40.3. The molecule has 2 aliphatic rings. The molecule has 18 atom stereocenters. The Bertz CT molecular complexity index is 1680. The van der Waals surface area contributed by atoms with Gasteiger partial charge in [-0.2, -0.15) is 0 Å². The fourth-order valence-corrected chi connectivity index (χ4v) is 7.74. The Morgan fingerprint density at radius 1 is 0.794 bits per heavy atom. The van der Waals surface area contributed by atoms with Crippen molar-refractivity contribution < 1.29 is 79.6 Å². The van der Waals surface area contributed by atoms with E-state index in [4.69, 9.17) is 24.7 Å². The number of methoxy groups -OCH3 is 1. The lowest BCUT2D eigenvalue weighted by atomic mass is 9.87. The summed E-state index contributed by atoms with van der Waals surface area (Å²) < 4.78 is 22.8. The van der Waals surface area contributed by atoms with E-state index < -0.39 is 141 Å². The van der Waals surface area contributed by atoms with Crippen LogP contribution in [0.15, 0.2) is 85.1 Å². The van der Waals surface area contributed by atoms with Crippen molar-refractivity contribution >= 4 is 12.0 Å². The lowest BCUT2D eigenvalue weighted by Crippen LogP contribution is -2.63. The highest BCUT2D eigenvalue weighted by Crippen LogP contribution is 2.35. The highest BCUT2D eigenvalue weighted by Gasteiger charge is 2.48. The monoisotopic (exact) mass is 968 g/mol. The van der Waals surface area contributed by atoms with Crippen molar-refractivity contribution in [1.82, 2.24) is 10.6 Å². The minimum absolute atomic E-state index is 0.0887. The van der Waals surface area contributed by atoms with Crippen LogP contribution in [0.25, 0.3) is 0 Å². The van der Waals surface area contributed by atoms with Crippen molar-refractivity contribution in [2.75, 3.05) is 20.8 Å². The van der Waals surface area contributed by atoms with Crippen molar-refractivity contribution in [2.24, 2.45) is 17.6 Å². The molecule has 1 saturated heterocycles. The maximum absolute atomic E-state index is 12.6. The number of carbonyl (C=O) groups is 2. The summed E-state index contributed by atoms with van der Waals surface area (Å²) in [5, 5.41) is 114. The minimum Gasteiger partial charge on any atom is -0.462 e. The number of ether oxygens (including phenoxy) is 4. The number of nitrogens with two attached hydrogens (primary N) is 1. The minimum atomic E-state index is -2.22. The van der Waals surface area contributed by atoms with Crippen molar-refractivity contribution in [3.05, 3.63) is 85.1 Å². The first-order chi connectivity index (χ1) is 32.1. The number of aliphatic hydroxyl groups excluding tert-OH is 9. The van der Waals surface area contributed by atoms with Gasteiger partial charge in [0.15, 0.2) is 5.79 Å². The van der Waals surface area contributed by atoms with E-state index >= 15 is 0 Å². The second-order valence-corrected chi connectivity index (χ2v) is 18.0. The second-order valence-electron chi connectivity index (χ2n) is 18.0. The lowest BCUT2D eigenvalue weighted by molar-refractivity contribution is -0.293. The van der Waals surface area contributed by atoms with Gasteiger partial charge in [0.25, 0.3) is 0 Å². The smallest absolute Gasteiger partial charge is 0.314 e. The number of amides is 2. The van der Waals surface area contributed by atoms with E-state index in [-0.39, 0.29) is 38.2 Å². The normalized spacial score (nSPS) is 39.0. The third-order valence-electron chi connectivity index (χ3n) is 12.2. The van der Waals surface area contributed by atoms with E-state index in [1.165, 1.54) is 14.2 Å². The highest BCUT2D eigenvalue weighted by molar-refractivity contribution is 5.74. The first kappa shape index (κ1) is 60.5. The van der Waals surface area contributed by atoms with E-state index in [0.717, 1.165) is 0 Å². The molecule has 0 spiro atoms. The first-order valence-electron chi connectivity index (χ1n) is 23.4. The molecular weight excluding hydrogens is 887 g/mol. The van der Waals surface area contributed by atoms with Crippen LogP contribution in [0.1, 0.15) is 79.1 Å². The number of nitrogens with one attached hydrogen (secondary N) is 2. The van der Waals surface area contributed by atoms with E-state index in [1.807, 2.05) is 49.5 Å². The Hall–Kier alpha value is -3.64. The molecular formula is C49H81N3O16. The Morgan fingerprint density at radius 3 is 1.94 bits per heavy atom. The first-order valence-corrected chi connectivity index (χ1v) is 23.4. The van der Waals surface area contributed by atoms with Gasteiger partial charge >= 0.3 is 12.0 Å². The molecule has 0 aromatic rings. The van der Waals surface area contributed by atoms with Gasteiger partial charge in [0.2, 0.25) is 0 Å². The molecule has 0 radical (unpaired) electrons. The van der Waals surface area contributed by atoms with Gasteiger partial charge in [-0.25, -0.2) is 4.79 Å². The molecule has 1 fully saturated rings. The maximum Gasteiger partial charge on any atom is 0.314 e. The summed E-state index contributed by atoms with van der Waals surface area (Å²) in [7, 11) is 2.76. The van der Waals surface area contributed by atoms with Gasteiger partial charge in [-0.3, -0.25) is 4.79 Å². The third-order valence-corrected chi connectivity index (χ3v) is 12.2. The lowest BCUT2D eigenvalue weighted by Gasteiger charge is -2.46. The van der Waals surface area contributed by atoms with Gasteiger partial charge in [0.1, 0.15) is 6.10 Å². The number of carbonyl (C=O) groups excluding carboxylic acids is 2. The third kappa shape index (κ3) is 22.4. The fourth-order valence-electron chi connectivity index (χ4n) is 7.74. The van der Waals surface area contributed by atoms with Gasteiger partial charge in [0.05, 0.1) is 98.4 Å². The molecule has 0 aromatic heterocycles. The van der Waals surface area contributed by atoms with E-state index in [2.05, 4.69) is 10.6 Å². The number of hydrogen-bond donors (Lipinski definition) is 13. The van der Waals surface area contributed by atoms with E-state index in [9.17, 15) is 60.7 Å². The molecule has 14 N–H and O–H groups in total. The number of aliphatic hydroxyl groups is 10. The summed E-state index contributed by atoms with van der Waals surface area (Å²) in [4.78, 5) is 25.2. The van der Waals surface area contributed by atoms with Gasteiger partial charge in [0, 0.05) is 51.7 Å². The summed E-state index contributed by atoms with van der Waals surface area (Å²) >= 11 is 0. The van der Waals surface area contributed by atoms with Crippen molar-refractivity contribution in [3.63, 3.8) is 0 Å². The van der Waals surface area contributed by atoms with Crippen LogP contribution in [0.2, 0.25) is 0 Å². The second kappa shape index (κ2) is 31.6. The Morgan fingerprint density at radius 2 is 1.37 bits per heavy atom. The molecule has 0 aromatic carbocycles. The molecule has 2 aliphatic heterocycles. The van der Waals surface area contributed by atoms with Crippen molar-refractivity contribution in [2.45, 2.75) is 176 Å². The van der Waals surface area contributed by atoms with Crippen LogP contribution in [0.3, 0.4) is 0 Å². The summed E-state index contributed by atoms with van der Waals surface area (Å²) in [5.41, 5.74) is 6.12. The molecule has 19 heteroatoms. The van der Waals surface area contributed by atoms with Crippen molar-refractivity contribution in [1.29, 1.82) is 0 Å². The van der Waals surface area contributed by atoms with Crippen LogP contribution in [0, 0.1) is 11.8 Å². The highest BCUT2D eigenvalue weighted by atomic mass is 16.6. The molecule has 2 bridgehead atoms. The van der Waals surface area contributed by atoms with Crippen LogP contribution in [-0.4, -0.2) is 181 Å². The molecule has 2 heterocycles. The number of hydrogen-bond acceptors (Lipinski definition) is 17. The Labute approximate surface area is 401 Å². The van der Waals surface area contributed by atoms with Crippen molar-refractivity contribution in [3.8, 4) is 0 Å². The topological polar surface area (TPSA) is 323 Å². The molecule has 388 valence electrons. The van der Waals surface area contributed by atoms with Crippen LogP contribution in [0.5, 0.6) is 0 Å².